The number of aromatic amines is 1. The molecule has 2 amide bonds. The molecule has 248 valence electrons. The number of anilines is 1. The van der Waals surface area contributed by atoms with Crippen LogP contribution in [0, 0.1) is 11.2 Å². The summed E-state index contributed by atoms with van der Waals surface area (Å²) in [4.78, 5) is 50.2. The summed E-state index contributed by atoms with van der Waals surface area (Å²) < 4.78 is 17.2. The molecule has 45 heavy (non-hydrogen) atoms. The van der Waals surface area contributed by atoms with E-state index < -0.39 is 5.25 Å². The molecule has 12 heteroatoms. The lowest BCUT2D eigenvalue weighted by Gasteiger charge is -2.43. The van der Waals surface area contributed by atoms with Crippen molar-refractivity contribution < 1.29 is 19.1 Å². The number of aromatic nitrogens is 2. The number of piperidine rings is 1. The van der Waals surface area contributed by atoms with Crippen molar-refractivity contribution in [1.82, 2.24) is 24.3 Å². The number of carbonyl (C=O) groups is 2. The van der Waals surface area contributed by atoms with Crippen LogP contribution in [0.15, 0.2) is 29.2 Å². The van der Waals surface area contributed by atoms with Crippen molar-refractivity contribution in [2.24, 2.45) is 5.41 Å². The van der Waals surface area contributed by atoms with Gasteiger partial charge in [-0.2, -0.15) is 0 Å². The van der Waals surface area contributed by atoms with Crippen molar-refractivity contribution in [1.29, 1.82) is 0 Å². The number of thioether (sulfide) groups is 1. The first-order valence-electron chi connectivity index (χ1n) is 16.1. The van der Waals surface area contributed by atoms with Crippen LogP contribution in [0.3, 0.4) is 0 Å². The summed E-state index contributed by atoms with van der Waals surface area (Å²) in [5.74, 6) is -0.607. The van der Waals surface area contributed by atoms with E-state index in [2.05, 4.69) is 56.3 Å². The number of nitrogens with zero attached hydrogens (tertiary/aromatic N) is 5. The monoisotopic (exact) mass is 644 g/mol. The molecule has 0 bridgehead atoms. The average molecular weight is 645 g/mol. The number of benzene rings is 1. The van der Waals surface area contributed by atoms with Gasteiger partial charge in [-0.25, -0.2) is 9.18 Å². The highest BCUT2D eigenvalue weighted by Crippen LogP contribution is 2.48. The van der Waals surface area contributed by atoms with Gasteiger partial charge in [0.25, 0.3) is 0 Å². The molecular formula is C33H49FN6O4S. The van der Waals surface area contributed by atoms with Gasteiger partial charge in [-0.15, -0.1) is 11.8 Å². The number of rotatable bonds is 7. The summed E-state index contributed by atoms with van der Waals surface area (Å²) in [6.45, 7) is 17.6. The Morgan fingerprint density at radius 2 is 1.69 bits per heavy atom. The highest BCUT2D eigenvalue weighted by atomic mass is 32.2. The maximum atomic E-state index is 15.7. The van der Waals surface area contributed by atoms with E-state index in [0.717, 1.165) is 25.1 Å². The summed E-state index contributed by atoms with van der Waals surface area (Å²) in [6, 6.07) is 5.07. The quantitative estimate of drug-likeness (QED) is 0.455. The minimum atomic E-state index is -0.557. The van der Waals surface area contributed by atoms with Crippen LogP contribution in [-0.2, 0) is 9.59 Å². The minimum Gasteiger partial charge on any atom is -0.493 e. The van der Waals surface area contributed by atoms with Gasteiger partial charge in [0.1, 0.15) is 11.2 Å². The molecule has 0 unspecified atom stereocenters. The van der Waals surface area contributed by atoms with Gasteiger partial charge in [0, 0.05) is 69.4 Å². The average Bonchev–Trinajstić information content (AvgIpc) is 3.47. The number of hydrogen-bond donors (Lipinski definition) is 2. The molecule has 3 fully saturated rings. The Morgan fingerprint density at radius 1 is 1.02 bits per heavy atom. The lowest BCUT2D eigenvalue weighted by atomic mass is 9.92. The molecule has 2 atom stereocenters. The van der Waals surface area contributed by atoms with Gasteiger partial charge in [-0.1, -0.05) is 32.9 Å². The van der Waals surface area contributed by atoms with Crippen molar-refractivity contribution in [3.05, 3.63) is 46.3 Å². The summed E-state index contributed by atoms with van der Waals surface area (Å²) in [5.41, 5.74) is 1.04. The molecule has 1 aromatic carbocycles. The van der Waals surface area contributed by atoms with E-state index >= 15 is 4.39 Å². The van der Waals surface area contributed by atoms with E-state index in [1.54, 1.807) is 11.0 Å². The number of hydrogen-bond acceptors (Lipinski definition) is 7. The van der Waals surface area contributed by atoms with Crippen molar-refractivity contribution in [3.63, 3.8) is 0 Å². The van der Waals surface area contributed by atoms with Crippen molar-refractivity contribution in [2.75, 3.05) is 50.7 Å². The van der Waals surface area contributed by atoms with E-state index in [9.17, 15) is 19.5 Å². The van der Waals surface area contributed by atoms with Crippen LogP contribution in [0.4, 0.5) is 10.1 Å². The first-order chi connectivity index (χ1) is 21.1. The van der Waals surface area contributed by atoms with E-state index in [4.69, 9.17) is 0 Å². The highest BCUT2D eigenvalue weighted by molar-refractivity contribution is 8.01. The second-order valence-electron chi connectivity index (χ2n) is 14.8. The summed E-state index contributed by atoms with van der Waals surface area (Å²) in [7, 11) is 0. The van der Waals surface area contributed by atoms with Gasteiger partial charge in [-0.3, -0.25) is 24.0 Å². The number of amides is 2. The molecule has 3 saturated heterocycles. The van der Waals surface area contributed by atoms with Gasteiger partial charge in [0.05, 0.1) is 17.1 Å². The van der Waals surface area contributed by atoms with Gasteiger partial charge in [0.2, 0.25) is 17.7 Å². The summed E-state index contributed by atoms with van der Waals surface area (Å²) >= 11 is 1.46. The fourth-order valence-corrected chi connectivity index (χ4v) is 8.16. The number of H-pyrrole nitrogens is 1. The van der Waals surface area contributed by atoms with Gasteiger partial charge < -0.3 is 19.8 Å². The lowest BCUT2D eigenvalue weighted by molar-refractivity contribution is -0.136. The van der Waals surface area contributed by atoms with Gasteiger partial charge in [-0.05, 0) is 51.5 Å². The summed E-state index contributed by atoms with van der Waals surface area (Å²) in [5, 5.41) is 8.69. The van der Waals surface area contributed by atoms with E-state index in [1.807, 2.05) is 11.0 Å². The molecular weight excluding hydrogens is 595 g/mol. The fourth-order valence-electron chi connectivity index (χ4n) is 6.66. The maximum absolute atomic E-state index is 15.7. The number of aromatic hydroxyl groups is 1. The molecule has 5 rings (SSSR count). The molecule has 4 heterocycles. The third-order valence-electron chi connectivity index (χ3n) is 9.37. The van der Waals surface area contributed by atoms with Crippen molar-refractivity contribution >= 4 is 29.3 Å². The topological polar surface area (TPSA) is 105 Å². The first-order valence-corrected chi connectivity index (χ1v) is 17.1. The van der Waals surface area contributed by atoms with E-state index in [-0.39, 0.29) is 58.0 Å². The predicted molar refractivity (Wildman–Crippen MR) is 176 cm³/mol. The van der Waals surface area contributed by atoms with Crippen LogP contribution in [0.2, 0.25) is 0 Å². The molecule has 1 aromatic heterocycles. The van der Waals surface area contributed by atoms with Crippen molar-refractivity contribution in [2.45, 2.75) is 89.4 Å². The Morgan fingerprint density at radius 3 is 2.27 bits per heavy atom. The predicted octanol–water partition coefficient (Wildman–Crippen LogP) is 4.57. The molecule has 2 N–H and O–H groups in total. The smallest absolute Gasteiger partial charge is 0.328 e. The third-order valence-corrected chi connectivity index (χ3v) is 10.8. The molecule has 2 aromatic rings. The second kappa shape index (κ2) is 13.0. The molecule has 0 aliphatic carbocycles. The molecule has 10 nitrogen and oxygen atoms in total. The van der Waals surface area contributed by atoms with Gasteiger partial charge in [0.15, 0.2) is 0 Å². The number of imidazole rings is 1. The molecule has 3 aliphatic heterocycles. The number of nitrogens with one attached hydrogen (secondary N) is 1. The summed E-state index contributed by atoms with van der Waals surface area (Å²) in [6.07, 6.45) is 3.44. The Hall–Kier alpha value is -2.99. The third kappa shape index (κ3) is 7.53. The van der Waals surface area contributed by atoms with Crippen LogP contribution in [0.25, 0.3) is 0 Å². The number of para-hydroxylation sites is 1. The highest BCUT2D eigenvalue weighted by Gasteiger charge is 2.44. The molecule has 3 aliphatic rings. The zero-order valence-electron chi connectivity index (χ0n) is 27.5. The molecule has 0 spiro atoms. The van der Waals surface area contributed by atoms with Gasteiger partial charge >= 0.3 is 5.69 Å². The first kappa shape index (κ1) is 33.4. The fraction of sp³-hybridized carbons (Fsp3) is 0.667. The SMILES string of the molecule is CC(C)(C)CCN1C(=O)[C@H](CC(=O)N2CCC(n3cc(O)[nH]c3=O)CC2)S[C@H]1c1cccc(F)c1N1CCN(C(C)(C)C)CC1. The zero-order chi connectivity index (χ0) is 32.7. The zero-order valence-corrected chi connectivity index (χ0v) is 28.3. The molecule has 0 saturated carbocycles. The van der Waals surface area contributed by atoms with Crippen molar-refractivity contribution in [3.8, 4) is 5.88 Å². The number of likely N-dealkylation sites (tertiary alicyclic amines) is 1. The van der Waals surface area contributed by atoms with Crippen LogP contribution >= 0.6 is 11.8 Å². The Bertz CT molecular complexity index is 1430. The Labute approximate surface area is 269 Å². The number of piperazine rings is 1. The van der Waals surface area contributed by atoms with E-state index in [0.29, 0.717) is 51.3 Å². The van der Waals surface area contributed by atoms with E-state index in [1.165, 1.54) is 28.6 Å². The second-order valence-corrected chi connectivity index (χ2v) is 16.1. The lowest BCUT2D eigenvalue weighted by Crippen LogP contribution is -2.53. The maximum Gasteiger partial charge on any atom is 0.328 e. The normalized spacial score (nSPS) is 22.5. The Kier molecular flexibility index (Phi) is 9.66. The molecule has 0 radical (unpaired) electrons. The Balaban J connectivity index is 1.32. The van der Waals surface area contributed by atoms with Crippen LogP contribution in [0.5, 0.6) is 5.88 Å². The number of halogens is 1. The van der Waals surface area contributed by atoms with Crippen LogP contribution in [0.1, 0.15) is 84.2 Å². The standard InChI is InChI=1S/C33H49FN6O4S/c1-32(2,3)12-15-39-29(43)25(20-27(42)36-13-10-22(11-14-36)40-21-26(41)35-31(40)44)45-30(39)23-8-7-9-24(34)28(23)37-16-18-38(19-17-37)33(4,5)6/h7-9,21-22,25,30,41H,10-20H2,1-6H3,(H,35,44)/t25-,30-/m0/s1. The minimum absolute atomic E-state index is 0.0000194. The largest absolute Gasteiger partial charge is 0.493 e. The number of carbonyl (C=O) groups excluding carboxylic acids is 2. The van der Waals surface area contributed by atoms with Crippen LogP contribution < -0.4 is 10.6 Å². The van der Waals surface area contributed by atoms with Crippen LogP contribution in [-0.4, -0.2) is 97.8 Å².